The van der Waals surface area contributed by atoms with Gasteiger partial charge in [-0.2, -0.15) is 0 Å². The van der Waals surface area contributed by atoms with Gasteiger partial charge in [0.1, 0.15) is 0 Å². The molecule has 0 aliphatic carbocycles. The molecule has 0 saturated carbocycles. The molecule has 1 aromatic carbocycles. The highest BCUT2D eigenvalue weighted by molar-refractivity contribution is 5.24. The van der Waals surface area contributed by atoms with Crippen molar-refractivity contribution in [1.82, 2.24) is 0 Å². The molecule has 0 bridgehead atoms. The first-order valence-electron chi connectivity index (χ1n) is 6.02. The SMILES string of the molecule is CCC(C)OC(c1ccc(C)cc1)C(C)N. The van der Waals surface area contributed by atoms with Gasteiger partial charge in [0.15, 0.2) is 0 Å². The Morgan fingerprint density at radius 3 is 2.19 bits per heavy atom. The Morgan fingerprint density at radius 1 is 1.19 bits per heavy atom. The van der Waals surface area contributed by atoms with Crippen LogP contribution in [0.2, 0.25) is 0 Å². The third kappa shape index (κ3) is 3.62. The minimum absolute atomic E-state index is 0.00412. The van der Waals surface area contributed by atoms with Crippen molar-refractivity contribution in [2.45, 2.75) is 52.4 Å². The molecular formula is C14H23NO. The van der Waals surface area contributed by atoms with E-state index in [2.05, 4.69) is 45.0 Å². The van der Waals surface area contributed by atoms with E-state index in [1.54, 1.807) is 0 Å². The van der Waals surface area contributed by atoms with Gasteiger partial charge < -0.3 is 10.5 Å². The molecule has 0 saturated heterocycles. The Balaban J connectivity index is 2.81. The summed E-state index contributed by atoms with van der Waals surface area (Å²) in [5.74, 6) is 0. The van der Waals surface area contributed by atoms with Crippen LogP contribution in [-0.2, 0) is 4.74 Å². The Labute approximate surface area is 98.8 Å². The lowest BCUT2D eigenvalue weighted by Gasteiger charge is -2.25. The Hall–Kier alpha value is -0.860. The van der Waals surface area contributed by atoms with E-state index in [0.717, 1.165) is 6.42 Å². The Morgan fingerprint density at radius 2 is 1.75 bits per heavy atom. The average molecular weight is 221 g/mol. The normalized spacial score (nSPS) is 16.8. The molecule has 1 aromatic rings. The molecule has 2 heteroatoms. The van der Waals surface area contributed by atoms with Crippen LogP contribution in [0.15, 0.2) is 24.3 Å². The van der Waals surface area contributed by atoms with Gasteiger partial charge in [0.2, 0.25) is 0 Å². The quantitative estimate of drug-likeness (QED) is 0.828. The van der Waals surface area contributed by atoms with Crippen LogP contribution in [-0.4, -0.2) is 12.1 Å². The summed E-state index contributed by atoms with van der Waals surface area (Å²) in [6, 6.07) is 8.42. The van der Waals surface area contributed by atoms with Gasteiger partial charge in [-0.3, -0.25) is 0 Å². The van der Waals surface area contributed by atoms with Crippen molar-refractivity contribution < 1.29 is 4.74 Å². The molecule has 2 nitrogen and oxygen atoms in total. The van der Waals surface area contributed by atoms with Gasteiger partial charge in [-0.25, -0.2) is 0 Å². The molecule has 3 atom stereocenters. The zero-order valence-corrected chi connectivity index (χ0v) is 10.7. The third-order valence-electron chi connectivity index (χ3n) is 2.84. The molecule has 0 aliphatic rings. The van der Waals surface area contributed by atoms with Crippen LogP contribution in [0.4, 0.5) is 0 Å². The number of rotatable bonds is 5. The summed E-state index contributed by atoms with van der Waals surface area (Å²) in [6.07, 6.45) is 1.25. The second-order valence-electron chi connectivity index (χ2n) is 4.55. The highest BCUT2D eigenvalue weighted by Crippen LogP contribution is 2.23. The van der Waals surface area contributed by atoms with Crippen molar-refractivity contribution in [3.05, 3.63) is 35.4 Å². The summed E-state index contributed by atoms with van der Waals surface area (Å²) >= 11 is 0. The van der Waals surface area contributed by atoms with Crippen LogP contribution in [0.25, 0.3) is 0 Å². The maximum Gasteiger partial charge on any atom is 0.0976 e. The van der Waals surface area contributed by atoms with E-state index in [-0.39, 0.29) is 18.2 Å². The largest absolute Gasteiger partial charge is 0.369 e. The maximum absolute atomic E-state index is 5.98. The highest BCUT2D eigenvalue weighted by Gasteiger charge is 2.18. The molecule has 0 radical (unpaired) electrons. The molecule has 0 heterocycles. The summed E-state index contributed by atoms with van der Waals surface area (Å²) in [6.45, 7) is 8.29. The second-order valence-corrected chi connectivity index (χ2v) is 4.55. The number of nitrogens with two attached hydrogens (primary N) is 1. The first-order valence-corrected chi connectivity index (χ1v) is 6.02. The van der Waals surface area contributed by atoms with Crippen molar-refractivity contribution in [3.8, 4) is 0 Å². The lowest BCUT2D eigenvalue weighted by Crippen LogP contribution is -2.29. The third-order valence-corrected chi connectivity index (χ3v) is 2.84. The zero-order valence-electron chi connectivity index (χ0n) is 10.7. The van der Waals surface area contributed by atoms with E-state index < -0.39 is 0 Å². The summed E-state index contributed by atoms with van der Waals surface area (Å²) < 4.78 is 5.96. The van der Waals surface area contributed by atoms with E-state index in [0.29, 0.717) is 0 Å². The van der Waals surface area contributed by atoms with E-state index in [4.69, 9.17) is 10.5 Å². The fourth-order valence-corrected chi connectivity index (χ4v) is 1.61. The molecule has 0 aromatic heterocycles. The number of ether oxygens (including phenoxy) is 1. The molecule has 16 heavy (non-hydrogen) atoms. The second kappa shape index (κ2) is 6.02. The Bertz CT molecular complexity index is 305. The number of benzene rings is 1. The van der Waals surface area contributed by atoms with E-state index in [1.165, 1.54) is 11.1 Å². The summed E-state index contributed by atoms with van der Waals surface area (Å²) in [5.41, 5.74) is 8.41. The molecule has 2 N–H and O–H groups in total. The molecular weight excluding hydrogens is 198 g/mol. The van der Waals surface area contributed by atoms with Crippen molar-refractivity contribution in [2.75, 3.05) is 0 Å². The molecule has 0 aliphatic heterocycles. The van der Waals surface area contributed by atoms with Gasteiger partial charge in [0, 0.05) is 6.04 Å². The number of aryl methyl sites for hydroxylation is 1. The summed E-state index contributed by atoms with van der Waals surface area (Å²) in [7, 11) is 0. The smallest absolute Gasteiger partial charge is 0.0976 e. The van der Waals surface area contributed by atoms with E-state index in [1.807, 2.05) is 6.92 Å². The van der Waals surface area contributed by atoms with Gasteiger partial charge in [0.25, 0.3) is 0 Å². The average Bonchev–Trinajstić information content (AvgIpc) is 2.26. The van der Waals surface area contributed by atoms with Gasteiger partial charge in [0.05, 0.1) is 12.2 Å². The van der Waals surface area contributed by atoms with Gasteiger partial charge in [-0.1, -0.05) is 36.8 Å². The number of hydrogen-bond acceptors (Lipinski definition) is 2. The Kier molecular flexibility index (Phi) is 4.97. The standard InChI is InChI=1S/C14H23NO/c1-5-11(3)16-14(12(4)15)13-8-6-10(2)7-9-13/h6-9,11-12,14H,5,15H2,1-4H3. The molecule has 0 amide bonds. The predicted molar refractivity (Wildman–Crippen MR) is 68.4 cm³/mol. The summed E-state index contributed by atoms with van der Waals surface area (Å²) in [5, 5.41) is 0. The molecule has 1 rings (SSSR count). The lowest BCUT2D eigenvalue weighted by molar-refractivity contribution is -0.0161. The minimum Gasteiger partial charge on any atom is -0.369 e. The first kappa shape index (κ1) is 13.2. The zero-order chi connectivity index (χ0) is 12.1. The van der Waals surface area contributed by atoms with Crippen molar-refractivity contribution in [1.29, 1.82) is 0 Å². The van der Waals surface area contributed by atoms with Crippen LogP contribution in [0.1, 0.15) is 44.4 Å². The van der Waals surface area contributed by atoms with E-state index >= 15 is 0 Å². The van der Waals surface area contributed by atoms with Crippen molar-refractivity contribution >= 4 is 0 Å². The number of hydrogen-bond donors (Lipinski definition) is 1. The van der Waals surface area contributed by atoms with Crippen LogP contribution in [0.5, 0.6) is 0 Å². The lowest BCUT2D eigenvalue weighted by atomic mass is 10.0. The fraction of sp³-hybridized carbons (Fsp3) is 0.571. The molecule has 3 unspecified atom stereocenters. The van der Waals surface area contributed by atoms with Gasteiger partial charge in [-0.15, -0.1) is 0 Å². The van der Waals surface area contributed by atoms with Crippen LogP contribution < -0.4 is 5.73 Å². The van der Waals surface area contributed by atoms with Crippen molar-refractivity contribution in [3.63, 3.8) is 0 Å². The predicted octanol–water partition coefficient (Wildman–Crippen LogP) is 3.20. The van der Waals surface area contributed by atoms with Crippen LogP contribution in [0.3, 0.4) is 0 Å². The maximum atomic E-state index is 5.98. The van der Waals surface area contributed by atoms with E-state index in [9.17, 15) is 0 Å². The topological polar surface area (TPSA) is 35.2 Å². The highest BCUT2D eigenvalue weighted by atomic mass is 16.5. The fourth-order valence-electron chi connectivity index (χ4n) is 1.61. The minimum atomic E-state index is -0.00412. The van der Waals surface area contributed by atoms with Crippen molar-refractivity contribution in [2.24, 2.45) is 5.73 Å². The van der Waals surface area contributed by atoms with Gasteiger partial charge in [-0.05, 0) is 32.8 Å². The molecule has 0 fully saturated rings. The monoisotopic (exact) mass is 221 g/mol. The first-order chi connectivity index (χ1) is 7.54. The van der Waals surface area contributed by atoms with Crippen LogP contribution >= 0.6 is 0 Å². The summed E-state index contributed by atoms with van der Waals surface area (Å²) in [4.78, 5) is 0. The molecule has 90 valence electrons. The van der Waals surface area contributed by atoms with Crippen LogP contribution in [0, 0.1) is 6.92 Å². The molecule has 0 spiro atoms. The van der Waals surface area contributed by atoms with Gasteiger partial charge >= 0.3 is 0 Å².